The summed E-state index contributed by atoms with van der Waals surface area (Å²) in [5.74, 6) is 0.458. The number of aromatic nitrogens is 1. The van der Waals surface area contributed by atoms with E-state index in [0.29, 0.717) is 5.88 Å². The lowest BCUT2D eigenvalue weighted by molar-refractivity contribution is 0.0520. The van der Waals surface area contributed by atoms with E-state index in [2.05, 4.69) is 27.6 Å². The predicted octanol–water partition coefficient (Wildman–Crippen LogP) is 0.418. The third kappa shape index (κ3) is 3.88. The number of aliphatic hydroxyl groups excluding tert-OH is 2. The Morgan fingerprint density at radius 3 is 2.92 bits per heavy atom. The Balaban J connectivity index is 2.45. The minimum atomic E-state index is -0.848. The summed E-state index contributed by atoms with van der Waals surface area (Å²) in [4.78, 5) is 4.05. The number of halogens is 1. The lowest BCUT2D eigenvalue weighted by Crippen LogP contribution is -2.21. The molecule has 0 saturated heterocycles. The lowest BCUT2D eigenvalue weighted by atomic mass is 10.4. The average molecular weight is 295 g/mol. The second-order valence-electron chi connectivity index (χ2n) is 2.45. The SMILES string of the molecule is OCC(O)COc1cccc(I)n1. The van der Waals surface area contributed by atoms with Crippen molar-refractivity contribution in [3.8, 4) is 5.88 Å². The van der Waals surface area contributed by atoms with Gasteiger partial charge in [-0.1, -0.05) is 6.07 Å². The Hall–Kier alpha value is -0.400. The van der Waals surface area contributed by atoms with Crippen molar-refractivity contribution in [2.45, 2.75) is 6.10 Å². The molecule has 0 saturated carbocycles. The molecule has 1 aromatic rings. The molecule has 72 valence electrons. The molecule has 1 rings (SSSR count). The Bertz CT molecular complexity index is 269. The standard InChI is InChI=1S/C8H10INO3/c9-7-2-1-3-8(10-7)13-5-6(12)4-11/h1-3,6,11-12H,4-5H2. The van der Waals surface area contributed by atoms with Crippen LogP contribution in [-0.4, -0.2) is 34.5 Å². The van der Waals surface area contributed by atoms with Crippen molar-refractivity contribution in [3.63, 3.8) is 0 Å². The van der Waals surface area contributed by atoms with Gasteiger partial charge >= 0.3 is 0 Å². The zero-order valence-electron chi connectivity index (χ0n) is 6.85. The Labute approximate surface area is 89.7 Å². The summed E-state index contributed by atoms with van der Waals surface area (Å²) >= 11 is 2.07. The predicted molar refractivity (Wildman–Crippen MR) is 55.5 cm³/mol. The van der Waals surface area contributed by atoms with Crippen molar-refractivity contribution >= 4 is 22.6 Å². The number of hydrogen-bond acceptors (Lipinski definition) is 4. The first-order valence-corrected chi connectivity index (χ1v) is 4.84. The molecule has 2 N–H and O–H groups in total. The molecular weight excluding hydrogens is 285 g/mol. The third-order valence-electron chi connectivity index (χ3n) is 1.32. The highest BCUT2D eigenvalue weighted by Gasteiger charge is 2.03. The number of aliphatic hydroxyl groups is 2. The molecule has 1 unspecified atom stereocenters. The van der Waals surface area contributed by atoms with Crippen LogP contribution in [0.3, 0.4) is 0 Å². The Kier molecular flexibility index (Phi) is 4.40. The molecule has 0 bridgehead atoms. The minimum Gasteiger partial charge on any atom is -0.475 e. The molecule has 0 amide bonds. The summed E-state index contributed by atoms with van der Waals surface area (Å²) in [6, 6.07) is 5.36. The molecule has 13 heavy (non-hydrogen) atoms. The monoisotopic (exact) mass is 295 g/mol. The molecule has 1 heterocycles. The van der Waals surface area contributed by atoms with Crippen molar-refractivity contribution in [1.29, 1.82) is 0 Å². The second kappa shape index (κ2) is 5.36. The smallest absolute Gasteiger partial charge is 0.214 e. The quantitative estimate of drug-likeness (QED) is 0.624. The molecule has 1 atom stereocenters. The van der Waals surface area contributed by atoms with Crippen molar-refractivity contribution in [3.05, 3.63) is 21.9 Å². The normalized spacial score (nSPS) is 12.5. The van der Waals surface area contributed by atoms with Crippen molar-refractivity contribution in [2.75, 3.05) is 13.2 Å². The third-order valence-corrected chi connectivity index (χ3v) is 1.92. The fourth-order valence-electron chi connectivity index (χ4n) is 0.704. The van der Waals surface area contributed by atoms with Crippen LogP contribution in [0.5, 0.6) is 5.88 Å². The number of hydrogen-bond donors (Lipinski definition) is 2. The summed E-state index contributed by atoms with van der Waals surface area (Å²) in [6.07, 6.45) is -0.848. The average Bonchev–Trinajstić information content (AvgIpc) is 2.14. The topological polar surface area (TPSA) is 62.6 Å². The first-order chi connectivity index (χ1) is 6.22. The van der Waals surface area contributed by atoms with Gasteiger partial charge in [0.2, 0.25) is 5.88 Å². The Morgan fingerprint density at radius 1 is 1.54 bits per heavy atom. The van der Waals surface area contributed by atoms with Crippen LogP contribution in [0.2, 0.25) is 0 Å². The molecule has 0 radical (unpaired) electrons. The fourth-order valence-corrected chi connectivity index (χ4v) is 1.15. The van der Waals surface area contributed by atoms with Gasteiger partial charge in [0.25, 0.3) is 0 Å². The van der Waals surface area contributed by atoms with E-state index >= 15 is 0 Å². The molecule has 0 fully saturated rings. The molecule has 0 aliphatic heterocycles. The van der Waals surface area contributed by atoms with Crippen LogP contribution in [-0.2, 0) is 0 Å². The van der Waals surface area contributed by atoms with Gasteiger partial charge in [0.05, 0.1) is 6.61 Å². The van der Waals surface area contributed by atoms with E-state index in [1.807, 2.05) is 12.1 Å². The van der Waals surface area contributed by atoms with Crippen LogP contribution in [0.15, 0.2) is 18.2 Å². The molecular formula is C8H10INO3. The summed E-state index contributed by atoms with van der Waals surface area (Å²) in [6.45, 7) is -0.243. The van der Waals surface area contributed by atoms with Gasteiger partial charge in [0, 0.05) is 6.07 Å². The maximum atomic E-state index is 8.98. The van der Waals surface area contributed by atoms with Crippen molar-refractivity contribution in [2.24, 2.45) is 0 Å². The van der Waals surface area contributed by atoms with Crippen LogP contribution < -0.4 is 4.74 Å². The lowest BCUT2D eigenvalue weighted by Gasteiger charge is -2.08. The van der Waals surface area contributed by atoms with E-state index in [0.717, 1.165) is 3.70 Å². The molecule has 4 nitrogen and oxygen atoms in total. The van der Waals surface area contributed by atoms with Crippen molar-refractivity contribution in [1.82, 2.24) is 4.98 Å². The van der Waals surface area contributed by atoms with Crippen molar-refractivity contribution < 1.29 is 14.9 Å². The minimum absolute atomic E-state index is 0.0591. The van der Waals surface area contributed by atoms with E-state index in [-0.39, 0.29) is 13.2 Å². The van der Waals surface area contributed by atoms with Gasteiger partial charge < -0.3 is 14.9 Å². The van der Waals surface area contributed by atoms with Crippen LogP contribution in [0.1, 0.15) is 0 Å². The van der Waals surface area contributed by atoms with Gasteiger partial charge in [0.15, 0.2) is 0 Å². The highest BCUT2D eigenvalue weighted by atomic mass is 127. The highest BCUT2D eigenvalue weighted by Crippen LogP contribution is 2.09. The van der Waals surface area contributed by atoms with E-state index in [1.165, 1.54) is 0 Å². The van der Waals surface area contributed by atoms with Crippen LogP contribution >= 0.6 is 22.6 Å². The van der Waals surface area contributed by atoms with Gasteiger partial charge in [-0.3, -0.25) is 0 Å². The summed E-state index contributed by atoms with van der Waals surface area (Å²) < 4.78 is 5.94. The maximum Gasteiger partial charge on any atom is 0.214 e. The largest absolute Gasteiger partial charge is 0.475 e. The first kappa shape index (κ1) is 10.7. The molecule has 0 aromatic carbocycles. The summed E-state index contributed by atoms with van der Waals surface area (Å²) in [5, 5.41) is 17.5. The van der Waals surface area contributed by atoms with Gasteiger partial charge in [-0.05, 0) is 28.7 Å². The molecule has 0 aliphatic carbocycles. The molecule has 0 spiro atoms. The summed E-state index contributed by atoms with van der Waals surface area (Å²) in [5.41, 5.74) is 0. The van der Waals surface area contributed by atoms with Gasteiger partial charge in [0.1, 0.15) is 16.4 Å². The zero-order chi connectivity index (χ0) is 9.68. The van der Waals surface area contributed by atoms with E-state index in [4.69, 9.17) is 14.9 Å². The Morgan fingerprint density at radius 2 is 2.31 bits per heavy atom. The second-order valence-corrected chi connectivity index (χ2v) is 3.55. The number of pyridine rings is 1. The molecule has 5 heteroatoms. The first-order valence-electron chi connectivity index (χ1n) is 3.76. The highest BCUT2D eigenvalue weighted by molar-refractivity contribution is 14.1. The van der Waals surface area contributed by atoms with E-state index < -0.39 is 6.10 Å². The van der Waals surface area contributed by atoms with Gasteiger partial charge in [-0.15, -0.1) is 0 Å². The maximum absolute atomic E-state index is 8.98. The number of ether oxygens (including phenoxy) is 1. The number of rotatable bonds is 4. The van der Waals surface area contributed by atoms with Crippen LogP contribution in [0.4, 0.5) is 0 Å². The summed E-state index contributed by atoms with van der Waals surface area (Å²) in [7, 11) is 0. The molecule has 1 aromatic heterocycles. The molecule has 0 aliphatic rings. The fraction of sp³-hybridized carbons (Fsp3) is 0.375. The van der Waals surface area contributed by atoms with Gasteiger partial charge in [-0.25, -0.2) is 4.98 Å². The van der Waals surface area contributed by atoms with Crippen LogP contribution in [0.25, 0.3) is 0 Å². The van der Waals surface area contributed by atoms with Gasteiger partial charge in [-0.2, -0.15) is 0 Å². The number of nitrogens with zero attached hydrogens (tertiary/aromatic N) is 1. The van der Waals surface area contributed by atoms with Crippen LogP contribution in [0, 0.1) is 3.70 Å². The zero-order valence-corrected chi connectivity index (χ0v) is 9.01. The van der Waals surface area contributed by atoms with E-state index in [9.17, 15) is 0 Å². The van der Waals surface area contributed by atoms with E-state index in [1.54, 1.807) is 6.07 Å².